The Morgan fingerprint density at radius 3 is 1.67 bits per heavy atom. The van der Waals surface area contributed by atoms with Crippen LogP contribution >= 0.6 is 0 Å². The van der Waals surface area contributed by atoms with Gasteiger partial charge in [0.15, 0.2) is 6.29 Å². The molecule has 12 nitrogen and oxygen atoms in total. The highest BCUT2D eigenvalue weighted by Gasteiger charge is 2.48. The van der Waals surface area contributed by atoms with Crippen LogP contribution in [0.5, 0.6) is 0 Å². The Labute approximate surface area is 351 Å². The van der Waals surface area contributed by atoms with Crippen LogP contribution in [0.15, 0.2) is 48.6 Å². The number of aliphatic hydroxyl groups excluding tert-OH is 3. The zero-order chi connectivity index (χ0) is 42.5. The van der Waals surface area contributed by atoms with Gasteiger partial charge in [-0.3, -0.25) is 9.35 Å². The number of carbonyl (C=O) groups excluding carboxylic acids is 1. The van der Waals surface area contributed by atoms with E-state index >= 15 is 0 Å². The predicted octanol–water partition coefficient (Wildman–Crippen LogP) is 9.19. The summed E-state index contributed by atoms with van der Waals surface area (Å²) >= 11 is 0. The molecular formula is C45H80O12S. The predicted molar refractivity (Wildman–Crippen MR) is 230 cm³/mol. The zero-order valence-electron chi connectivity index (χ0n) is 35.8. The molecule has 1 aliphatic rings. The molecule has 0 aliphatic carbocycles. The summed E-state index contributed by atoms with van der Waals surface area (Å²) < 4.78 is 58.9. The van der Waals surface area contributed by atoms with E-state index in [0.717, 1.165) is 57.8 Å². The van der Waals surface area contributed by atoms with Crippen LogP contribution in [0.1, 0.15) is 168 Å². The fourth-order valence-corrected chi connectivity index (χ4v) is 7.13. The Morgan fingerprint density at radius 2 is 1.17 bits per heavy atom. The van der Waals surface area contributed by atoms with Crippen molar-refractivity contribution in [2.75, 3.05) is 26.4 Å². The Hall–Kier alpha value is -1.94. The van der Waals surface area contributed by atoms with Crippen molar-refractivity contribution >= 4 is 16.4 Å². The van der Waals surface area contributed by atoms with Crippen molar-refractivity contribution < 1.29 is 56.2 Å². The standard InChI is InChI=1S/C45H80O12S/c1-3-5-7-9-11-13-15-17-19-20-21-22-24-26-28-30-32-34-41(47)55-39(37-53-35-33-31-29-27-25-23-18-16-14-12-10-8-6-4-2)38-54-45-43(49)44(57-58(50,51)52)42(48)40(36-46)56-45/h6,8,12,14,18,23,27,29,39-40,42-46,48-49H,3-5,7,9-11,13,15-17,19-22,24-26,28,30-38H2,1-2H3,(H,50,51,52)/b8-6-,14-12-,23-18-,29-27-. The highest BCUT2D eigenvalue weighted by molar-refractivity contribution is 7.80. The highest BCUT2D eigenvalue weighted by atomic mass is 32.3. The lowest BCUT2D eigenvalue weighted by Crippen LogP contribution is -2.60. The van der Waals surface area contributed by atoms with Crippen molar-refractivity contribution in [2.45, 2.75) is 205 Å². The molecule has 1 rings (SSSR count). The average molecular weight is 845 g/mol. The summed E-state index contributed by atoms with van der Waals surface area (Å²) in [7, 11) is -5.07. The summed E-state index contributed by atoms with van der Waals surface area (Å²) in [6.07, 6.45) is 34.5. The molecule has 0 aromatic carbocycles. The highest BCUT2D eigenvalue weighted by Crippen LogP contribution is 2.26. The quantitative estimate of drug-likeness (QED) is 0.0201. The number of esters is 1. The second-order valence-electron chi connectivity index (χ2n) is 15.3. The van der Waals surface area contributed by atoms with E-state index in [-0.39, 0.29) is 19.6 Å². The molecule has 0 bridgehead atoms. The Morgan fingerprint density at radius 1 is 0.672 bits per heavy atom. The lowest BCUT2D eigenvalue weighted by Gasteiger charge is -2.41. The van der Waals surface area contributed by atoms with Crippen molar-refractivity contribution in [3.63, 3.8) is 0 Å². The minimum atomic E-state index is -5.07. The van der Waals surface area contributed by atoms with Gasteiger partial charge in [-0.05, 0) is 44.9 Å². The van der Waals surface area contributed by atoms with Crippen molar-refractivity contribution in [1.82, 2.24) is 0 Å². The van der Waals surface area contributed by atoms with Gasteiger partial charge in [-0.15, -0.1) is 0 Å². The molecule has 58 heavy (non-hydrogen) atoms. The second kappa shape index (κ2) is 36.9. The van der Waals surface area contributed by atoms with Gasteiger partial charge in [-0.2, -0.15) is 8.42 Å². The van der Waals surface area contributed by atoms with Gasteiger partial charge in [0, 0.05) is 13.0 Å². The number of hydrogen-bond acceptors (Lipinski definition) is 11. The summed E-state index contributed by atoms with van der Waals surface area (Å²) in [5.41, 5.74) is 0. The number of ether oxygens (including phenoxy) is 4. The SMILES string of the molecule is CC/C=C\C/C=C\C/C=C\C/C=C\CCCOCC(COC1OC(CO)C(O)C(OS(=O)(=O)O)C1O)OC(=O)CCCCCCCCCCCCCCCCCCC. The molecule has 0 spiro atoms. The molecule has 0 aromatic heterocycles. The van der Waals surface area contributed by atoms with Crippen molar-refractivity contribution in [1.29, 1.82) is 0 Å². The van der Waals surface area contributed by atoms with Crippen LogP contribution in [0, 0.1) is 0 Å². The van der Waals surface area contributed by atoms with E-state index in [1.807, 2.05) is 0 Å². The molecule has 0 amide bonds. The molecule has 338 valence electrons. The molecule has 1 fully saturated rings. The van der Waals surface area contributed by atoms with Crippen LogP contribution in [0.2, 0.25) is 0 Å². The van der Waals surface area contributed by atoms with Gasteiger partial charge in [-0.25, -0.2) is 4.18 Å². The van der Waals surface area contributed by atoms with E-state index in [2.05, 4.69) is 66.6 Å². The van der Waals surface area contributed by atoms with Crippen LogP contribution in [0.4, 0.5) is 0 Å². The van der Waals surface area contributed by atoms with Gasteiger partial charge in [0.05, 0.1) is 19.8 Å². The number of hydrogen-bond donors (Lipinski definition) is 4. The summed E-state index contributed by atoms with van der Waals surface area (Å²) in [4.78, 5) is 12.8. The largest absolute Gasteiger partial charge is 0.457 e. The summed E-state index contributed by atoms with van der Waals surface area (Å²) in [6, 6.07) is 0. The van der Waals surface area contributed by atoms with Gasteiger partial charge in [0.2, 0.25) is 0 Å². The molecule has 6 unspecified atom stereocenters. The van der Waals surface area contributed by atoms with Crippen molar-refractivity contribution in [2.24, 2.45) is 0 Å². The summed E-state index contributed by atoms with van der Waals surface area (Å²) in [5, 5.41) is 30.6. The van der Waals surface area contributed by atoms with E-state index in [1.165, 1.54) is 83.5 Å². The molecular weight excluding hydrogens is 765 g/mol. The molecule has 1 heterocycles. The lowest BCUT2D eigenvalue weighted by atomic mass is 9.99. The van der Waals surface area contributed by atoms with E-state index in [1.54, 1.807) is 0 Å². The fourth-order valence-electron chi connectivity index (χ4n) is 6.62. The third-order valence-electron chi connectivity index (χ3n) is 9.97. The van der Waals surface area contributed by atoms with Gasteiger partial charge in [0.25, 0.3) is 0 Å². The first-order valence-corrected chi connectivity index (χ1v) is 23.8. The molecule has 6 atom stereocenters. The van der Waals surface area contributed by atoms with Crippen LogP contribution in [0.25, 0.3) is 0 Å². The fraction of sp³-hybridized carbons (Fsp3) is 0.800. The number of unbranched alkanes of at least 4 members (excludes halogenated alkanes) is 17. The number of allylic oxidation sites excluding steroid dienone is 8. The van der Waals surface area contributed by atoms with Crippen LogP contribution < -0.4 is 0 Å². The van der Waals surface area contributed by atoms with Crippen LogP contribution in [-0.2, 0) is 38.3 Å². The molecule has 0 aromatic rings. The van der Waals surface area contributed by atoms with Crippen LogP contribution in [-0.4, -0.2) is 97.5 Å². The molecule has 1 saturated heterocycles. The van der Waals surface area contributed by atoms with Crippen molar-refractivity contribution in [3.05, 3.63) is 48.6 Å². The van der Waals surface area contributed by atoms with Gasteiger partial charge < -0.3 is 34.3 Å². The monoisotopic (exact) mass is 845 g/mol. The molecule has 4 N–H and O–H groups in total. The second-order valence-corrected chi connectivity index (χ2v) is 16.3. The Balaban J connectivity index is 2.46. The van der Waals surface area contributed by atoms with Crippen LogP contribution in [0.3, 0.4) is 0 Å². The normalized spacial score (nSPS) is 21.0. The summed E-state index contributed by atoms with van der Waals surface area (Å²) in [5.74, 6) is -0.417. The third kappa shape index (κ3) is 30.1. The maximum atomic E-state index is 12.8. The first kappa shape index (κ1) is 54.1. The van der Waals surface area contributed by atoms with E-state index in [0.29, 0.717) is 13.0 Å². The van der Waals surface area contributed by atoms with Gasteiger partial charge in [-0.1, -0.05) is 165 Å². The van der Waals surface area contributed by atoms with E-state index < -0.39 is 59.8 Å². The number of rotatable bonds is 38. The van der Waals surface area contributed by atoms with Gasteiger partial charge >= 0.3 is 16.4 Å². The molecule has 0 radical (unpaired) electrons. The average Bonchev–Trinajstić information content (AvgIpc) is 3.19. The van der Waals surface area contributed by atoms with Crippen molar-refractivity contribution in [3.8, 4) is 0 Å². The molecule has 0 saturated carbocycles. The van der Waals surface area contributed by atoms with Gasteiger partial charge in [0.1, 0.15) is 30.5 Å². The first-order valence-electron chi connectivity index (χ1n) is 22.4. The minimum Gasteiger partial charge on any atom is -0.457 e. The molecule has 1 aliphatic heterocycles. The summed E-state index contributed by atoms with van der Waals surface area (Å²) in [6.45, 7) is 3.73. The molecule has 13 heteroatoms. The minimum absolute atomic E-state index is 0.00118. The maximum absolute atomic E-state index is 12.8. The van der Waals surface area contributed by atoms with E-state index in [4.69, 9.17) is 23.5 Å². The Kier molecular flexibility index (Phi) is 34.4. The Bertz CT molecular complexity index is 1200. The maximum Gasteiger partial charge on any atom is 0.397 e. The lowest BCUT2D eigenvalue weighted by molar-refractivity contribution is -0.301. The zero-order valence-corrected chi connectivity index (χ0v) is 36.7. The number of carbonyl (C=O) groups is 1. The smallest absolute Gasteiger partial charge is 0.397 e. The third-order valence-corrected chi connectivity index (χ3v) is 10.4. The van der Waals surface area contributed by atoms with E-state index in [9.17, 15) is 28.5 Å². The first-order chi connectivity index (χ1) is 28.1. The number of aliphatic hydroxyl groups is 3. The topological polar surface area (TPSA) is 178 Å².